The third-order valence-corrected chi connectivity index (χ3v) is 14.5. The molecule has 0 aromatic carbocycles. The largest absolute Gasteiger partial charge is 0.481 e. The highest BCUT2D eigenvalue weighted by Crippen LogP contribution is 2.74. The zero-order valence-corrected chi connectivity index (χ0v) is 29.4. The number of carboxylic acids is 1. The Morgan fingerprint density at radius 1 is 0.979 bits per heavy atom. The van der Waals surface area contributed by atoms with E-state index >= 15 is 0 Å². The summed E-state index contributed by atoms with van der Waals surface area (Å²) in [7, 11) is 0. The van der Waals surface area contributed by atoms with Crippen molar-refractivity contribution < 1.29 is 59.9 Å². The highest BCUT2D eigenvalue weighted by molar-refractivity contribution is 5.80. The molecule has 1 saturated heterocycles. The number of aliphatic hydroxyl groups is 7. The summed E-state index contributed by atoms with van der Waals surface area (Å²) in [4.78, 5) is 24.8. The van der Waals surface area contributed by atoms with Crippen molar-refractivity contribution in [1.82, 2.24) is 0 Å². The second kappa shape index (κ2) is 12.6. The molecule has 0 spiro atoms. The van der Waals surface area contributed by atoms with Crippen LogP contribution in [0.5, 0.6) is 0 Å². The third-order valence-electron chi connectivity index (χ3n) is 14.5. The third kappa shape index (κ3) is 5.53. The number of ketones is 1. The summed E-state index contributed by atoms with van der Waals surface area (Å²) < 4.78 is 11.9. The van der Waals surface area contributed by atoms with Crippen molar-refractivity contribution in [2.24, 2.45) is 44.8 Å². The average Bonchev–Trinajstić information content (AvgIpc) is 3.00. The SMILES string of the molecule is CC(=O)[C@H](C)C(O)C[C@@]1(C(=O)O)C=C2[C@H](O)C[C@@H]3[C@@]4(C)C[C@@H](O)[C@H](O[C@@H]5O[C@H](CO)[C@@H](O)[C@H](O)[C@H]5O)C(C)(C)[C@@H]4CC[C@@]3(C)[C@]2(C)CC1. The molecular weight excluding hydrogens is 624 g/mol. The van der Waals surface area contributed by atoms with Crippen LogP contribution >= 0.6 is 0 Å². The molecule has 5 aliphatic rings. The van der Waals surface area contributed by atoms with Gasteiger partial charge < -0.3 is 50.3 Å². The Kier molecular flexibility index (Phi) is 9.94. The smallest absolute Gasteiger partial charge is 0.313 e. The van der Waals surface area contributed by atoms with Crippen molar-refractivity contribution >= 4 is 11.8 Å². The Hall–Kier alpha value is -1.48. The lowest BCUT2D eigenvalue weighted by Gasteiger charge is -2.71. The van der Waals surface area contributed by atoms with Crippen molar-refractivity contribution in [3.63, 3.8) is 0 Å². The summed E-state index contributed by atoms with van der Waals surface area (Å²) in [5.41, 5.74) is -2.78. The molecule has 16 atom stereocenters. The molecule has 1 unspecified atom stereocenters. The van der Waals surface area contributed by atoms with Gasteiger partial charge in [0.1, 0.15) is 30.2 Å². The highest BCUT2D eigenvalue weighted by Gasteiger charge is 2.70. The number of rotatable bonds is 8. The van der Waals surface area contributed by atoms with Crippen LogP contribution < -0.4 is 0 Å². The van der Waals surface area contributed by atoms with Crippen molar-refractivity contribution in [3.05, 3.63) is 11.6 Å². The summed E-state index contributed by atoms with van der Waals surface area (Å²) in [6, 6.07) is 0. The fourth-order valence-corrected chi connectivity index (χ4v) is 11.3. The molecule has 48 heavy (non-hydrogen) atoms. The fraction of sp³-hybridized carbons (Fsp3) is 0.889. The van der Waals surface area contributed by atoms with E-state index in [9.17, 15) is 50.4 Å². The topological polar surface area (TPSA) is 214 Å². The lowest BCUT2D eigenvalue weighted by Crippen LogP contribution is -2.69. The molecule has 4 aliphatic carbocycles. The van der Waals surface area contributed by atoms with E-state index in [1.807, 2.05) is 13.8 Å². The molecule has 0 aromatic heterocycles. The summed E-state index contributed by atoms with van der Waals surface area (Å²) >= 11 is 0. The first kappa shape index (κ1) is 37.8. The van der Waals surface area contributed by atoms with E-state index in [0.29, 0.717) is 24.8 Å². The van der Waals surface area contributed by atoms with Crippen LogP contribution in [0.4, 0.5) is 0 Å². The van der Waals surface area contributed by atoms with E-state index in [4.69, 9.17) is 9.47 Å². The second-order valence-electron chi connectivity index (χ2n) is 17.2. The molecule has 274 valence electrons. The van der Waals surface area contributed by atoms with E-state index < -0.39 is 95.3 Å². The number of carbonyl (C=O) groups excluding carboxylic acids is 1. The summed E-state index contributed by atoms with van der Waals surface area (Å²) in [6.45, 7) is 12.9. The predicted octanol–water partition coefficient (Wildman–Crippen LogP) is 1.54. The van der Waals surface area contributed by atoms with Crippen molar-refractivity contribution in [2.75, 3.05) is 6.61 Å². The minimum atomic E-state index is -1.60. The summed E-state index contributed by atoms with van der Waals surface area (Å²) in [6.07, 6.45) is -6.59. The second-order valence-corrected chi connectivity index (χ2v) is 17.2. The minimum Gasteiger partial charge on any atom is -0.481 e. The molecule has 3 saturated carbocycles. The van der Waals surface area contributed by atoms with Gasteiger partial charge in [0.25, 0.3) is 0 Å². The van der Waals surface area contributed by atoms with Gasteiger partial charge in [-0.15, -0.1) is 0 Å². The fourth-order valence-electron chi connectivity index (χ4n) is 11.3. The first-order valence-electron chi connectivity index (χ1n) is 17.6. The quantitative estimate of drug-likeness (QED) is 0.135. The molecule has 0 radical (unpaired) electrons. The number of Topliss-reactive ketones (excluding diaryl/α,β-unsaturated/α-hetero) is 1. The van der Waals surface area contributed by atoms with Gasteiger partial charge in [0, 0.05) is 5.92 Å². The predicted molar refractivity (Wildman–Crippen MR) is 172 cm³/mol. The maximum Gasteiger partial charge on any atom is 0.313 e. The number of fused-ring (bicyclic) bond motifs is 5. The van der Waals surface area contributed by atoms with Gasteiger partial charge in [-0.05, 0) is 90.9 Å². The van der Waals surface area contributed by atoms with E-state index in [2.05, 4.69) is 20.8 Å². The molecule has 4 fully saturated rings. The molecule has 8 N–H and O–H groups in total. The molecule has 5 rings (SSSR count). The Morgan fingerprint density at radius 3 is 2.21 bits per heavy atom. The van der Waals surface area contributed by atoms with Crippen LogP contribution in [-0.4, -0.2) is 114 Å². The van der Waals surface area contributed by atoms with Crippen LogP contribution in [-0.2, 0) is 19.1 Å². The van der Waals surface area contributed by atoms with Gasteiger partial charge in [0.15, 0.2) is 6.29 Å². The van der Waals surface area contributed by atoms with Crippen LogP contribution in [0.1, 0.15) is 93.4 Å². The van der Waals surface area contributed by atoms with Gasteiger partial charge >= 0.3 is 5.97 Å². The lowest BCUT2D eigenvalue weighted by molar-refractivity contribution is -0.342. The molecule has 0 bridgehead atoms. The van der Waals surface area contributed by atoms with E-state index in [1.54, 1.807) is 13.0 Å². The van der Waals surface area contributed by atoms with E-state index in [1.165, 1.54) is 6.92 Å². The van der Waals surface area contributed by atoms with Gasteiger partial charge in [0.2, 0.25) is 0 Å². The number of aliphatic hydroxyl groups excluding tert-OH is 7. The van der Waals surface area contributed by atoms with Gasteiger partial charge in [-0.1, -0.05) is 47.6 Å². The van der Waals surface area contributed by atoms with Crippen LogP contribution in [0.2, 0.25) is 0 Å². The zero-order valence-electron chi connectivity index (χ0n) is 29.4. The van der Waals surface area contributed by atoms with E-state index in [0.717, 1.165) is 12.8 Å². The number of ether oxygens (including phenoxy) is 2. The Labute approximate surface area is 283 Å². The molecule has 0 amide bonds. The number of hydrogen-bond donors (Lipinski definition) is 8. The maximum atomic E-state index is 12.8. The normalized spacial score (nSPS) is 49.8. The average molecular weight is 683 g/mol. The Bertz CT molecular complexity index is 1280. The number of carboxylic acid groups (broad SMARTS) is 1. The summed E-state index contributed by atoms with van der Waals surface area (Å²) in [5.74, 6) is -2.05. The van der Waals surface area contributed by atoms with Gasteiger partial charge in [-0.25, -0.2) is 0 Å². The molecule has 12 nitrogen and oxygen atoms in total. The zero-order chi connectivity index (χ0) is 35.9. The number of aliphatic carboxylic acids is 1. The van der Waals surface area contributed by atoms with Crippen molar-refractivity contribution in [3.8, 4) is 0 Å². The van der Waals surface area contributed by atoms with Gasteiger partial charge in [0.05, 0.1) is 36.4 Å². The minimum absolute atomic E-state index is 0.00704. The maximum absolute atomic E-state index is 12.8. The van der Waals surface area contributed by atoms with Crippen LogP contribution in [0.25, 0.3) is 0 Å². The molecule has 1 aliphatic heterocycles. The standard InChI is InChI=1S/C36H58O12/c1-17(18(2)38)21(40)15-36(31(45)46)11-10-34(6)19(13-36)20(39)12-25-33(5)14-22(41)29(32(3,4)24(33)8-9-35(25,34)7)48-30-28(44)27(43)26(42)23(16-37)47-30/h13,17,20-30,37,39-44H,8-12,14-16H2,1-7H3,(H,45,46)/t17-,20+,21?,22+,23+,24-,25+,26+,27-,28+,29-,30-,33-,34+,35+,36-/m0/s1. The number of hydrogen-bond acceptors (Lipinski definition) is 11. The molecule has 1 heterocycles. The van der Waals surface area contributed by atoms with Crippen LogP contribution in [0.3, 0.4) is 0 Å². The van der Waals surface area contributed by atoms with Gasteiger partial charge in [-0.2, -0.15) is 0 Å². The van der Waals surface area contributed by atoms with Crippen LogP contribution in [0.15, 0.2) is 11.6 Å². The van der Waals surface area contributed by atoms with Crippen molar-refractivity contribution in [2.45, 2.75) is 149 Å². The Morgan fingerprint density at radius 2 is 1.62 bits per heavy atom. The monoisotopic (exact) mass is 682 g/mol. The summed E-state index contributed by atoms with van der Waals surface area (Å²) in [5, 5.41) is 86.0. The molecular formula is C36H58O12. The van der Waals surface area contributed by atoms with Crippen molar-refractivity contribution in [1.29, 1.82) is 0 Å². The lowest BCUT2D eigenvalue weighted by atomic mass is 9.34. The number of carbonyl (C=O) groups is 2. The molecule has 0 aromatic rings. The first-order valence-corrected chi connectivity index (χ1v) is 17.6. The van der Waals surface area contributed by atoms with Gasteiger partial charge in [-0.3, -0.25) is 9.59 Å². The van der Waals surface area contributed by atoms with E-state index in [-0.39, 0.29) is 35.9 Å². The highest BCUT2D eigenvalue weighted by atomic mass is 16.7. The van der Waals surface area contributed by atoms with Crippen LogP contribution in [0, 0.1) is 44.8 Å². The Balaban J connectivity index is 1.45. The first-order chi connectivity index (χ1) is 22.1. The molecule has 12 heteroatoms.